The first-order chi connectivity index (χ1) is 11.8. The van der Waals surface area contributed by atoms with Gasteiger partial charge in [-0.2, -0.15) is 0 Å². The Morgan fingerprint density at radius 2 is 1.60 bits per heavy atom. The van der Waals surface area contributed by atoms with Crippen LogP contribution in [0.1, 0.15) is 5.56 Å². The first-order valence-corrected chi connectivity index (χ1v) is 9.03. The number of hydrogen-bond donors (Lipinski definition) is 0. The lowest BCUT2D eigenvalue weighted by Crippen LogP contribution is -2.09. The zero-order chi connectivity index (χ0) is 18.6. The average Bonchev–Trinajstić information content (AvgIpc) is 2.51. The third kappa shape index (κ3) is 5.46. The summed E-state index contributed by atoms with van der Waals surface area (Å²) >= 11 is 16.1. The smallest absolute Gasteiger partial charge is 0.102 e. The molecular formula is C18H19BrCl2N4. The molecule has 0 aliphatic rings. The van der Waals surface area contributed by atoms with Crippen molar-refractivity contribution in [1.29, 1.82) is 0 Å². The summed E-state index contributed by atoms with van der Waals surface area (Å²) in [6, 6.07) is 9.54. The van der Waals surface area contributed by atoms with Crippen LogP contribution in [0.25, 0.3) is 0 Å². The quantitative estimate of drug-likeness (QED) is 0.434. The monoisotopic (exact) mass is 440 g/mol. The summed E-state index contributed by atoms with van der Waals surface area (Å²) in [6.07, 6.45) is 3.43. The second-order valence-electron chi connectivity index (χ2n) is 5.83. The molecule has 0 heterocycles. The minimum absolute atomic E-state index is 0.460. The molecule has 0 aliphatic heterocycles. The summed E-state index contributed by atoms with van der Waals surface area (Å²) in [7, 11) is 7.75. The maximum absolute atomic E-state index is 6.28. The van der Waals surface area contributed by atoms with Gasteiger partial charge in [0.25, 0.3) is 0 Å². The molecule has 0 fully saturated rings. The molecule has 0 saturated heterocycles. The van der Waals surface area contributed by atoms with Crippen molar-refractivity contribution in [3.63, 3.8) is 0 Å². The van der Waals surface area contributed by atoms with Gasteiger partial charge in [-0.1, -0.05) is 29.3 Å². The fraction of sp³-hybridized carbons (Fsp3) is 0.222. The SMILES string of the molecule is CN(C)C=Nc1c(Cl)cc(N=Cc2ccc(N(C)C)c(Br)c2)cc1Cl. The molecule has 0 N–H and O–H groups in total. The van der Waals surface area contributed by atoms with Gasteiger partial charge in [0.2, 0.25) is 0 Å². The van der Waals surface area contributed by atoms with Crippen LogP contribution >= 0.6 is 39.1 Å². The van der Waals surface area contributed by atoms with Crippen molar-refractivity contribution in [3.8, 4) is 0 Å². The van der Waals surface area contributed by atoms with Gasteiger partial charge < -0.3 is 9.80 Å². The fourth-order valence-electron chi connectivity index (χ4n) is 2.04. The molecule has 4 nitrogen and oxygen atoms in total. The van der Waals surface area contributed by atoms with Gasteiger partial charge in [0, 0.05) is 38.9 Å². The number of nitrogens with zero attached hydrogens (tertiary/aromatic N) is 4. The molecule has 2 rings (SSSR count). The Hall–Kier alpha value is -1.56. The van der Waals surface area contributed by atoms with Gasteiger partial charge in [-0.05, 0) is 45.8 Å². The molecule has 0 atom stereocenters. The van der Waals surface area contributed by atoms with E-state index in [1.807, 2.05) is 56.2 Å². The van der Waals surface area contributed by atoms with Crippen molar-refractivity contribution in [3.05, 3.63) is 50.4 Å². The summed E-state index contributed by atoms with van der Waals surface area (Å²) in [5, 5.41) is 0.920. The van der Waals surface area contributed by atoms with E-state index in [-0.39, 0.29) is 0 Å². The number of hydrogen-bond acceptors (Lipinski definition) is 3. The Kier molecular flexibility index (Phi) is 6.87. The van der Waals surface area contributed by atoms with Gasteiger partial charge in [-0.25, -0.2) is 4.99 Å². The van der Waals surface area contributed by atoms with Gasteiger partial charge >= 0.3 is 0 Å². The molecule has 0 aromatic heterocycles. The third-order valence-corrected chi connectivity index (χ3v) is 4.45. The predicted octanol–water partition coefficient (Wildman–Crippen LogP) is 5.79. The van der Waals surface area contributed by atoms with Crippen LogP contribution in [-0.4, -0.2) is 45.6 Å². The van der Waals surface area contributed by atoms with Gasteiger partial charge in [0.15, 0.2) is 0 Å². The Bertz CT molecular complexity index is 794. The molecule has 0 radical (unpaired) electrons. The Morgan fingerprint density at radius 1 is 0.960 bits per heavy atom. The van der Waals surface area contributed by atoms with Crippen molar-refractivity contribution >= 4 is 68.7 Å². The van der Waals surface area contributed by atoms with Crippen LogP contribution in [0.5, 0.6) is 0 Å². The Labute approximate surface area is 166 Å². The van der Waals surface area contributed by atoms with Gasteiger partial charge in [0.05, 0.1) is 27.8 Å². The van der Waals surface area contributed by atoms with Crippen LogP contribution in [-0.2, 0) is 0 Å². The minimum atomic E-state index is 0.460. The van der Waals surface area contributed by atoms with Crippen LogP contribution in [0.3, 0.4) is 0 Å². The molecule has 0 bridgehead atoms. The lowest BCUT2D eigenvalue weighted by Gasteiger charge is -2.14. The first-order valence-electron chi connectivity index (χ1n) is 7.48. The van der Waals surface area contributed by atoms with E-state index in [1.165, 1.54) is 0 Å². The molecule has 7 heteroatoms. The number of rotatable bonds is 5. The number of benzene rings is 2. The summed E-state index contributed by atoms with van der Waals surface area (Å²) in [5.74, 6) is 0. The fourth-order valence-corrected chi connectivity index (χ4v) is 3.36. The highest BCUT2D eigenvalue weighted by Crippen LogP contribution is 2.37. The lowest BCUT2D eigenvalue weighted by atomic mass is 10.2. The van der Waals surface area contributed by atoms with Crippen LogP contribution in [0.4, 0.5) is 17.1 Å². The average molecular weight is 442 g/mol. The minimum Gasteiger partial charge on any atom is -0.377 e. The second kappa shape index (κ2) is 8.70. The van der Waals surface area contributed by atoms with E-state index >= 15 is 0 Å². The van der Waals surface area contributed by atoms with E-state index in [0.29, 0.717) is 21.4 Å². The zero-order valence-electron chi connectivity index (χ0n) is 14.5. The van der Waals surface area contributed by atoms with E-state index < -0.39 is 0 Å². The Balaban J connectivity index is 2.26. The topological polar surface area (TPSA) is 31.2 Å². The molecule has 2 aromatic rings. The summed E-state index contributed by atoms with van der Waals surface area (Å²) in [5.41, 5.74) is 3.28. The first kappa shape index (κ1) is 19.8. The van der Waals surface area contributed by atoms with Crippen molar-refractivity contribution in [2.75, 3.05) is 33.1 Å². The largest absolute Gasteiger partial charge is 0.377 e. The number of aliphatic imine (C=N–C) groups is 2. The number of anilines is 1. The normalized spacial score (nSPS) is 11.5. The molecule has 0 saturated carbocycles. The Morgan fingerprint density at radius 3 is 2.12 bits per heavy atom. The van der Waals surface area contributed by atoms with Gasteiger partial charge in [0.1, 0.15) is 5.69 Å². The van der Waals surface area contributed by atoms with Crippen LogP contribution in [0, 0.1) is 0 Å². The summed E-state index contributed by atoms with van der Waals surface area (Å²) < 4.78 is 1.01. The highest BCUT2D eigenvalue weighted by molar-refractivity contribution is 9.10. The molecule has 25 heavy (non-hydrogen) atoms. The van der Waals surface area contributed by atoms with Crippen LogP contribution in [0.15, 0.2) is 44.8 Å². The van der Waals surface area contributed by atoms with Crippen LogP contribution in [0.2, 0.25) is 10.0 Å². The molecule has 132 valence electrons. The molecule has 2 aromatic carbocycles. The van der Waals surface area contributed by atoms with E-state index in [9.17, 15) is 0 Å². The molecule has 0 spiro atoms. The predicted molar refractivity (Wildman–Crippen MR) is 114 cm³/mol. The molecule has 0 aliphatic carbocycles. The van der Waals surface area contributed by atoms with E-state index in [4.69, 9.17) is 23.2 Å². The highest BCUT2D eigenvalue weighted by Gasteiger charge is 2.07. The van der Waals surface area contributed by atoms with E-state index in [0.717, 1.165) is 15.7 Å². The van der Waals surface area contributed by atoms with Crippen LogP contribution < -0.4 is 4.90 Å². The molecular weight excluding hydrogens is 423 g/mol. The van der Waals surface area contributed by atoms with E-state index in [2.05, 4.69) is 25.9 Å². The maximum Gasteiger partial charge on any atom is 0.102 e. The summed E-state index contributed by atoms with van der Waals surface area (Å²) in [6.45, 7) is 0. The molecule has 0 amide bonds. The highest BCUT2D eigenvalue weighted by atomic mass is 79.9. The molecule has 0 unspecified atom stereocenters. The van der Waals surface area contributed by atoms with Gasteiger partial charge in [-0.3, -0.25) is 4.99 Å². The standard InChI is InChI=1S/C18H19BrCl2N4/c1-24(2)11-23-18-15(20)8-13(9-16(18)21)22-10-12-5-6-17(25(3)4)14(19)7-12/h5-11H,1-4H3. The van der Waals surface area contributed by atoms with Crippen molar-refractivity contribution in [2.45, 2.75) is 0 Å². The maximum atomic E-state index is 6.28. The zero-order valence-corrected chi connectivity index (χ0v) is 17.6. The third-order valence-electron chi connectivity index (χ3n) is 3.24. The second-order valence-corrected chi connectivity index (χ2v) is 7.50. The van der Waals surface area contributed by atoms with Gasteiger partial charge in [-0.15, -0.1) is 0 Å². The number of halogens is 3. The summed E-state index contributed by atoms with van der Waals surface area (Å²) in [4.78, 5) is 12.6. The van der Waals surface area contributed by atoms with Crippen molar-refractivity contribution in [2.24, 2.45) is 9.98 Å². The van der Waals surface area contributed by atoms with Crippen molar-refractivity contribution < 1.29 is 0 Å². The lowest BCUT2D eigenvalue weighted by molar-refractivity contribution is 0.643. The van der Waals surface area contributed by atoms with Crippen molar-refractivity contribution in [1.82, 2.24) is 4.90 Å². The van der Waals surface area contributed by atoms with E-state index in [1.54, 1.807) is 24.7 Å².